The van der Waals surface area contributed by atoms with Crippen LogP contribution >= 0.6 is 23.2 Å². The van der Waals surface area contributed by atoms with E-state index in [1.54, 1.807) is 0 Å². The summed E-state index contributed by atoms with van der Waals surface area (Å²) in [6.45, 7) is 0.435. The third-order valence-electron chi connectivity index (χ3n) is 4.09. The topological polar surface area (TPSA) is 81.2 Å². The van der Waals surface area contributed by atoms with E-state index in [2.05, 4.69) is 5.10 Å². The molecule has 28 heavy (non-hydrogen) atoms. The highest BCUT2D eigenvalue weighted by Gasteiger charge is 2.54. The van der Waals surface area contributed by atoms with Crippen LogP contribution in [0.1, 0.15) is 12.6 Å². The van der Waals surface area contributed by atoms with Crippen LogP contribution in [0, 0.1) is 15.9 Å². The van der Waals surface area contributed by atoms with Crippen molar-refractivity contribution in [1.82, 2.24) is 9.78 Å². The third-order valence-corrected chi connectivity index (χ3v) is 4.67. The van der Waals surface area contributed by atoms with Gasteiger partial charge in [-0.15, -0.1) is 0 Å². The van der Waals surface area contributed by atoms with Crippen LogP contribution in [0.4, 0.5) is 23.2 Å². The summed E-state index contributed by atoms with van der Waals surface area (Å²) in [7, 11) is 0. The van der Waals surface area contributed by atoms with E-state index in [0.717, 1.165) is 22.9 Å². The van der Waals surface area contributed by atoms with Gasteiger partial charge in [0.2, 0.25) is 5.60 Å². The number of nitro groups is 1. The Kier molecular flexibility index (Phi) is 4.77. The van der Waals surface area contributed by atoms with Gasteiger partial charge in [-0.25, -0.2) is 9.07 Å². The van der Waals surface area contributed by atoms with Gasteiger partial charge in [-0.3, -0.25) is 10.1 Å². The highest BCUT2D eigenvalue weighted by molar-refractivity contribution is 6.38. The molecule has 0 spiro atoms. The lowest BCUT2D eigenvalue weighted by Gasteiger charge is -2.24. The standard InChI is InChI=1S/C16H9Cl2F4N3O3/c1-15(26,16(20,21)22)14-12-10(19)3-2-4-11(12)24(23-14)13-8(17)5-7(25(27)28)6-9(13)18/h2-6,26H,1H3. The molecule has 0 aliphatic rings. The van der Waals surface area contributed by atoms with E-state index in [4.69, 9.17) is 23.2 Å². The summed E-state index contributed by atoms with van der Waals surface area (Å²) >= 11 is 12.1. The van der Waals surface area contributed by atoms with E-state index < -0.39 is 39.3 Å². The molecule has 0 saturated carbocycles. The van der Waals surface area contributed by atoms with Crippen LogP contribution in [0.25, 0.3) is 16.6 Å². The van der Waals surface area contributed by atoms with Crippen molar-refractivity contribution in [2.45, 2.75) is 18.7 Å². The zero-order valence-electron chi connectivity index (χ0n) is 13.8. The Morgan fingerprint density at radius 1 is 1.21 bits per heavy atom. The van der Waals surface area contributed by atoms with Crippen LogP contribution in [0.15, 0.2) is 30.3 Å². The number of hydrogen-bond donors (Lipinski definition) is 1. The molecule has 0 aliphatic heterocycles. The molecule has 1 unspecified atom stereocenters. The maximum Gasteiger partial charge on any atom is 0.422 e. The average Bonchev–Trinajstić information content (AvgIpc) is 2.94. The molecule has 0 fully saturated rings. The molecule has 1 heterocycles. The largest absolute Gasteiger partial charge is 0.422 e. The summed E-state index contributed by atoms with van der Waals surface area (Å²) in [5, 5.41) is 23.5. The normalized spacial score (nSPS) is 14.3. The van der Waals surface area contributed by atoms with Crippen LogP contribution in [-0.4, -0.2) is 26.0 Å². The minimum absolute atomic E-state index is 0.169. The second-order valence-electron chi connectivity index (χ2n) is 5.98. The average molecular weight is 438 g/mol. The van der Waals surface area contributed by atoms with E-state index in [1.165, 1.54) is 12.1 Å². The summed E-state index contributed by atoms with van der Waals surface area (Å²) in [4.78, 5) is 10.2. The van der Waals surface area contributed by atoms with Crippen molar-refractivity contribution in [2.24, 2.45) is 0 Å². The van der Waals surface area contributed by atoms with Crippen LogP contribution in [-0.2, 0) is 5.60 Å². The van der Waals surface area contributed by atoms with Gasteiger partial charge in [-0.2, -0.15) is 18.3 Å². The number of hydrogen-bond acceptors (Lipinski definition) is 4. The van der Waals surface area contributed by atoms with Gasteiger partial charge in [-0.05, 0) is 19.1 Å². The minimum Gasteiger partial charge on any atom is -0.375 e. The highest BCUT2D eigenvalue weighted by Crippen LogP contribution is 2.43. The minimum atomic E-state index is -5.16. The molecule has 1 atom stereocenters. The molecule has 0 radical (unpaired) electrons. The summed E-state index contributed by atoms with van der Waals surface area (Å²) < 4.78 is 55.2. The van der Waals surface area contributed by atoms with Crippen LogP contribution in [0.3, 0.4) is 0 Å². The van der Waals surface area contributed by atoms with E-state index in [-0.39, 0.29) is 21.2 Å². The van der Waals surface area contributed by atoms with Gasteiger partial charge in [0.1, 0.15) is 17.2 Å². The second kappa shape index (κ2) is 6.57. The highest BCUT2D eigenvalue weighted by atomic mass is 35.5. The predicted molar refractivity (Wildman–Crippen MR) is 93.3 cm³/mol. The molecule has 3 rings (SSSR count). The van der Waals surface area contributed by atoms with E-state index in [9.17, 15) is 32.8 Å². The molecule has 1 aromatic heterocycles. The molecule has 0 amide bonds. The van der Waals surface area contributed by atoms with Crippen molar-refractivity contribution in [3.8, 4) is 5.69 Å². The Labute approximate surface area is 164 Å². The predicted octanol–water partition coefficient (Wildman–Crippen LogP) is 5.15. The number of non-ortho nitro benzene ring substituents is 1. The lowest BCUT2D eigenvalue weighted by molar-refractivity contribution is -0.384. The van der Waals surface area contributed by atoms with Gasteiger partial charge in [-0.1, -0.05) is 29.3 Å². The van der Waals surface area contributed by atoms with Crippen LogP contribution in [0.2, 0.25) is 10.0 Å². The lowest BCUT2D eigenvalue weighted by atomic mass is 9.98. The van der Waals surface area contributed by atoms with Crippen molar-refractivity contribution in [1.29, 1.82) is 0 Å². The molecule has 3 aromatic rings. The smallest absolute Gasteiger partial charge is 0.375 e. The van der Waals surface area contributed by atoms with E-state index in [0.29, 0.717) is 6.92 Å². The van der Waals surface area contributed by atoms with Gasteiger partial charge in [0.15, 0.2) is 0 Å². The molecule has 148 valence electrons. The maximum atomic E-state index is 14.4. The molecule has 6 nitrogen and oxygen atoms in total. The first kappa shape index (κ1) is 20.3. The number of nitrogens with zero attached hydrogens (tertiary/aromatic N) is 3. The first-order chi connectivity index (χ1) is 12.9. The Bertz CT molecular complexity index is 1090. The number of halogens is 6. The fraction of sp³-hybridized carbons (Fsp3) is 0.188. The lowest BCUT2D eigenvalue weighted by Crippen LogP contribution is -2.40. The Morgan fingerprint density at radius 2 is 1.79 bits per heavy atom. The first-order valence-corrected chi connectivity index (χ1v) is 8.22. The second-order valence-corrected chi connectivity index (χ2v) is 6.79. The Hall–Kier alpha value is -2.43. The Morgan fingerprint density at radius 3 is 2.29 bits per heavy atom. The van der Waals surface area contributed by atoms with Crippen LogP contribution < -0.4 is 0 Å². The number of nitro benzene ring substituents is 1. The number of aliphatic hydroxyl groups is 1. The van der Waals surface area contributed by atoms with Crippen LogP contribution in [0.5, 0.6) is 0 Å². The number of rotatable bonds is 3. The van der Waals surface area contributed by atoms with Gasteiger partial charge >= 0.3 is 6.18 Å². The van der Waals surface area contributed by atoms with Crippen molar-refractivity contribution < 1.29 is 27.6 Å². The van der Waals surface area contributed by atoms with Crippen molar-refractivity contribution in [3.05, 3.63) is 62.0 Å². The van der Waals surface area contributed by atoms with Crippen molar-refractivity contribution in [3.63, 3.8) is 0 Å². The number of aromatic nitrogens is 2. The van der Waals surface area contributed by atoms with E-state index in [1.807, 2.05) is 0 Å². The summed E-state index contributed by atoms with van der Waals surface area (Å²) in [5.74, 6) is -1.06. The van der Waals surface area contributed by atoms with Gasteiger partial charge < -0.3 is 5.11 Å². The summed E-state index contributed by atoms with van der Waals surface area (Å²) in [5.41, 5.74) is -5.31. The molecule has 12 heteroatoms. The number of benzene rings is 2. The Balaban J connectivity index is 2.40. The monoisotopic (exact) mass is 437 g/mol. The molecule has 2 aromatic carbocycles. The first-order valence-electron chi connectivity index (χ1n) is 7.47. The number of fused-ring (bicyclic) bond motifs is 1. The fourth-order valence-corrected chi connectivity index (χ4v) is 3.27. The molecule has 0 bridgehead atoms. The molecule has 1 N–H and O–H groups in total. The zero-order chi connectivity index (χ0) is 21.0. The molecule has 0 saturated heterocycles. The zero-order valence-corrected chi connectivity index (χ0v) is 15.3. The SMILES string of the molecule is CC(O)(c1nn(-c2c(Cl)cc([N+](=O)[O-])cc2Cl)c2cccc(F)c12)C(F)(F)F. The third kappa shape index (κ3) is 3.07. The number of alkyl halides is 3. The van der Waals surface area contributed by atoms with Gasteiger partial charge in [0.05, 0.1) is 25.9 Å². The maximum absolute atomic E-state index is 14.4. The summed E-state index contributed by atoms with van der Waals surface area (Å²) in [6, 6.07) is 5.22. The van der Waals surface area contributed by atoms with Crippen molar-refractivity contribution >= 4 is 39.8 Å². The molecule has 0 aliphatic carbocycles. The fourth-order valence-electron chi connectivity index (χ4n) is 2.63. The van der Waals surface area contributed by atoms with Crippen molar-refractivity contribution in [2.75, 3.05) is 0 Å². The van der Waals surface area contributed by atoms with Gasteiger partial charge in [0.25, 0.3) is 5.69 Å². The summed E-state index contributed by atoms with van der Waals surface area (Å²) in [6.07, 6.45) is -5.16. The molecular formula is C16H9Cl2F4N3O3. The quantitative estimate of drug-likeness (QED) is 0.349. The van der Waals surface area contributed by atoms with E-state index >= 15 is 0 Å². The van der Waals surface area contributed by atoms with Gasteiger partial charge in [0, 0.05) is 12.1 Å². The molecular weight excluding hydrogens is 429 g/mol.